The van der Waals surface area contributed by atoms with Gasteiger partial charge < -0.3 is 15.5 Å². The zero-order valence-corrected chi connectivity index (χ0v) is 15.0. The summed E-state index contributed by atoms with van der Waals surface area (Å²) in [7, 11) is 3.40. The number of hydrogen-bond acceptors (Lipinski definition) is 4. The van der Waals surface area contributed by atoms with Crippen molar-refractivity contribution in [1.29, 1.82) is 0 Å². The summed E-state index contributed by atoms with van der Waals surface area (Å²) in [6, 6.07) is 19.2. The number of nitrogens with zero attached hydrogens (tertiary/aromatic N) is 3. The molecule has 0 bridgehead atoms. The zero-order chi connectivity index (χ0) is 18.5. The molecule has 0 saturated carbocycles. The lowest BCUT2D eigenvalue weighted by atomic mass is 10.1. The van der Waals surface area contributed by atoms with Gasteiger partial charge in [-0.1, -0.05) is 36.4 Å². The summed E-state index contributed by atoms with van der Waals surface area (Å²) in [6.45, 7) is 1.87. The Morgan fingerprint density at radius 3 is 2.38 bits per heavy atom. The molecule has 0 aliphatic carbocycles. The van der Waals surface area contributed by atoms with Crippen molar-refractivity contribution in [2.45, 2.75) is 6.92 Å². The molecular formula is C20H21N5O. The fourth-order valence-corrected chi connectivity index (χ4v) is 2.45. The number of amides is 2. The van der Waals surface area contributed by atoms with E-state index in [1.807, 2.05) is 67.6 Å². The zero-order valence-electron chi connectivity index (χ0n) is 15.0. The van der Waals surface area contributed by atoms with Crippen molar-refractivity contribution >= 4 is 23.2 Å². The number of aromatic nitrogens is 2. The lowest BCUT2D eigenvalue weighted by Gasteiger charge is -2.13. The Balaban J connectivity index is 1.83. The first-order valence-electron chi connectivity index (χ1n) is 8.28. The fourth-order valence-electron chi connectivity index (χ4n) is 2.45. The molecule has 2 N–H and O–H groups in total. The molecule has 0 atom stereocenters. The maximum Gasteiger partial charge on any atom is 0.321 e. The van der Waals surface area contributed by atoms with Crippen LogP contribution in [0, 0.1) is 6.92 Å². The summed E-state index contributed by atoms with van der Waals surface area (Å²) in [5.74, 6) is 1.39. The van der Waals surface area contributed by atoms with E-state index in [0.29, 0.717) is 17.3 Å². The van der Waals surface area contributed by atoms with E-state index in [1.165, 1.54) is 4.90 Å². The van der Waals surface area contributed by atoms with Gasteiger partial charge in [-0.15, -0.1) is 0 Å². The lowest BCUT2D eigenvalue weighted by Crippen LogP contribution is -2.27. The first kappa shape index (κ1) is 17.4. The second-order valence-electron chi connectivity index (χ2n) is 6.08. The third kappa shape index (κ3) is 4.36. The number of aryl methyl sites for hydroxylation is 1. The van der Waals surface area contributed by atoms with Crippen LogP contribution in [0.15, 0.2) is 60.7 Å². The third-order valence-corrected chi connectivity index (χ3v) is 3.70. The largest absolute Gasteiger partial charge is 0.340 e. The third-order valence-electron chi connectivity index (χ3n) is 3.70. The van der Waals surface area contributed by atoms with Crippen molar-refractivity contribution in [2.24, 2.45) is 0 Å². The van der Waals surface area contributed by atoms with Crippen LogP contribution >= 0.6 is 0 Å². The predicted molar refractivity (Wildman–Crippen MR) is 105 cm³/mol. The molecule has 2 aromatic carbocycles. The smallest absolute Gasteiger partial charge is 0.321 e. The monoisotopic (exact) mass is 347 g/mol. The van der Waals surface area contributed by atoms with Crippen LogP contribution < -0.4 is 10.6 Å². The number of hydrogen-bond donors (Lipinski definition) is 2. The standard InChI is InChI=1S/C20H21N5O/c1-14-21-18(15-8-5-4-6-9-15)13-19(22-14)23-16-10-7-11-17(12-16)24-20(26)25(2)3/h4-13H,1-3H3,(H,24,26)(H,21,22,23). The second-order valence-corrected chi connectivity index (χ2v) is 6.08. The number of anilines is 3. The molecule has 0 aliphatic heterocycles. The number of carbonyl (C=O) groups is 1. The predicted octanol–water partition coefficient (Wildman–Crippen LogP) is 4.29. The van der Waals surface area contributed by atoms with Crippen LogP contribution in [0.5, 0.6) is 0 Å². The number of nitrogens with one attached hydrogen (secondary N) is 2. The summed E-state index contributed by atoms with van der Waals surface area (Å²) in [5, 5.41) is 6.11. The normalized spacial score (nSPS) is 10.3. The van der Waals surface area contributed by atoms with Crippen molar-refractivity contribution in [3.05, 3.63) is 66.5 Å². The van der Waals surface area contributed by atoms with Crippen LogP contribution in [0.4, 0.5) is 22.0 Å². The van der Waals surface area contributed by atoms with Crippen LogP contribution in [0.25, 0.3) is 11.3 Å². The van der Waals surface area contributed by atoms with E-state index in [2.05, 4.69) is 20.6 Å². The fraction of sp³-hybridized carbons (Fsp3) is 0.150. The average molecular weight is 347 g/mol. The van der Waals surface area contributed by atoms with Gasteiger partial charge in [-0.2, -0.15) is 0 Å². The van der Waals surface area contributed by atoms with Gasteiger partial charge in [-0.25, -0.2) is 14.8 Å². The molecule has 3 aromatic rings. The molecule has 6 heteroatoms. The Labute approximate surface area is 152 Å². The highest BCUT2D eigenvalue weighted by atomic mass is 16.2. The molecule has 132 valence electrons. The molecule has 0 spiro atoms. The van der Waals surface area contributed by atoms with Crippen LogP contribution in [0.3, 0.4) is 0 Å². The summed E-state index contributed by atoms with van der Waals surface area (Å²) in [5.41, 5.74) is 3.44. The maximum absolute atomic E-state index is 11.8. The maximum atomic E-state index is 11.8. The Bertz CT molecular complexity index is 909. The second kappa shape index (κ2) is 7.65. The molecule has 1 heterocycles. The van der Waals surface area contributed by atoms with Gasteiger partial charge in [0.05, 0.1) is 5.69 Å². The van der Waals surface area contributed by atoms with Gasteiger partial charge in [0.2, 0.25) is 0 Å². The van der Waals surface area contributed by atoms with Gasteiger partial charge >= 0.3 is 6.03 Å². The van der Waals surface area contributed by atoms with Crippen molar-refractivity contribution in [2.75, 3.05) is 24.7 Å². The van der Waals surface area contributed by atoms with Crippen molar-refractivity contribution in [3.63, 3.8) is 0 Å². The summed E-state index contributed by atoms with van der Waals surface area (Å²) in [4.78, 5) is 22.3. The van der Waals surface area contributed by atoms with E-state index in [1.54, 1.807) is 14.1 Å². The van der Waals surface area contributed by atoms with E-state index in [9.17, 15) is 4.79 Å². The lowest BCUT2D eigenvalue weighted by molar-refractivity contribution is 0.230. The molecule has 26 heavy (non-hydrogen) atoms. The Hall–Kier alpha value is -3.41. The average Bonchev–Trinajstić information content (AvgIpc) is 2.62. The Kier molecular flexibility index (Phi) is 5.12. The van der Waals surface area contributed by atoms with E-state index >= 15 is 0 Å². The summed E-state index contributed by atoms with van der Waals surface area (Å²) < 4.78 is 0. The van der Waals surface area contributed by atoms with Crippen LogP contribution in [-0.2, 0) is 0 Å². The molecule has 0 fully saturated rings. The van der Waals surface area contributed by atoms with Crippen LogP contribution in [-0.4, -0.2) is 35.0 Å². The van der Waals surface area contributed by atoms with Gasteiger partial charge in [0, 0.05) is 37.1 Å². The van der Waals surface area contributed by atoms with Crippen LogP contribution in [0.2, 0.25) is 0 Å². The first-order chi connectivity index (χ1) is 12.5. The highest BCUT2D eigenvalue weighted by Crippen LogP contribution is 2.23. The van der Waals surface area contributed by atoms with E-state index in [-0.39, 0.29) is 6.03 Å². The number of benzene rings is 2. The van der Waals surface area contributed by atoms with Crippen molar-refractivity contribution < 1.29 is 4.79 Å². The van der Waals surface area contributed by atoms with Crippen molar-refractivity contribution in [1.82, 2.24) is 14.9 Å². The molecule has 6 nitrogen and oxygen atoms in total. The molecule has 0 aliphatic rings. The highest BCUT2D eigenvalue weighted by molar-refractivity contribution is 5.89. The van der Waals surface area contributed by atoms with Gasteiger partial charge in [0.15, 0.2) is 0 Å². The molecular weight excluding hydrogens is 326 g/mol. The van der Waals surface area contributed by atoms with Gasteiger partial charge in [0.1, 0.15) is 11.6 Å². The first-order valence-corrected chi connectivity index (χ1v) is 8.28. The Morgan fingerprint density at radius 1 is 0.923 bits per heavy atom. The minimum absolute atomic E-state index is 0.175. The van der Waals surface area contributed by atoms with E-state index in [0.717, 1.165) is 16.9 Å². The quantitative estimate of drug-likeness (QED) is 0.739. The summed E-state index contributed by atoms with van der Waals surface area (Å²) in [6.07, 6.45) is 0. The Morgan fingerprint density at radius 2 is 1.65 bits per heavy atom. The van der Waals surface area contributed by atoms with Gasteiger partial charge in [0.25, 0.3) is 0 Å². The molecule has 3 rings (SSSR count). The molecule has 2 amide bonds. The minimum Gasteiger partial charge on any atom is -0.340 e. The van der Waals surface area contributed by atoms with E-state index in [4.69, 9.17) is 0 Å². The molecule has 1 aromatic heterocycles. The van der Waals surface area contributed by atoms with Gasteiger partial charge in [-0.3, -0.25) is 0 Å². The highest BCUT2D eigenvalue weighted by Gasteiger charge is 2.07. The SMILES string of the molecule is Cc1nc(Nc2cccc(NC(=O)N(C)C)c2)cc(-c2ccccc2)n1. The number of carbonyl (C=O) groups excluding carboxylic acids is 1. The van der Waals surface area contributed by atoms with E-state index < -0.39 is 0 Å². The summed E-state index contributed by atoms with van der Waals surface area (Å²) >= 11 is 0. The molecule has 0 unspecified atom stereocenters. The van der Waals surface area contributed by atoms with Gasteiger partial charge in [-0.05, 0) is 25.1 Å². The number of rotatable bonds is 4. The molecule has 0 saturated heterocycles. The van der Waals surface area contributed by atoms with Crippen LogP contribution in [0.1, 0.15) is 5.82 Å². The minimum atomic E-state index is -0.175. The number of urea groups is 1. The molecule has 0 radical (unpaired) electrons. The van der Waals surface area contributed by atoms with Crippen molar-refractivity contribution in [3.8, 4) is 11.3 Å². The topological polar surface area (TPSA) is 70.2 Å².